The zero-order chi connectivity index (χ0) is 14.9. The van der Waals surface area contributed by atoms with Crippen molar-refractivity contribution >= 4 is 5.91 Å². The van der Waals surface area contributed by atoms with Crippen LogP contribution in [0, 0.1) is 17.0 Å². The molecule has 5 heteroatoms. The summed E-state index contributed by atoms with van der Waals surface area (Å²) in [5.41, 5.74) is 6.40. The van der Waals surface area contributed by atoms with Crippen LogP contribution in [0.15, 0.2) is 18.2 Å². The molecule has 110 valence electrons. The van der Waals surface area contributed by atoms with Crippen LogP contribution in [0.4, 0.5) is 8.78 Å². The lowest BCUT2D eigenvalue weighted by molar-refractivity contribution is -0.133. The van der Waals surface area contributed by atoms with E-state index in [9.17, 15) is 13.6 Å². The van der Waals surface area contributed by atoms with E-state index >= 15 is 0 Å². The molecule has 1 fully saturated rings. The minimum atomic E-state index is -0.920. The summed E-state index contributed by atoms with van der Waals surface area (Å²) in [5, 5.41) is 0. The molecule has 0 spiro atoms. The number of piperidine rings is 1. The second-order valence-electron chi connectivity index (χ2n) is 6.12. The highest BCUT2D eigenvalue weighted by Crippen LogP contribution is 2.28. The fourth-order valence-corrected chi connectivity index (χ4v) is 2.52. The number of hydrogen-bond donors (Lipinski definition) is 1. The Kier molecular flexibility index (Phi) is 4.09. The van der Waals surface area contributed by atoms with E-state index in [1.54, 1.807) is 4.90 Å². The predicted octanol–water partition coefficient (Wildman–Crippen LogP) is 2.09. The van der Waals surface area contributed by atoms with Crippen molar-refractivity contribution in [3.8, 4) is 0 Å². The lowest BCUT2D eigenvalue weighted by Crippen LogP contribution is -2.54. The van der Waals surface area contributed by atoms with E-state index in [1.165, 1.54) is 6.07 Å². The molecule has 0 aliphatic carbocycles. The molecule has 3 nitrogen and oxygen atoms in total. The molecule has 1 unspecified atom stereocenters. The lowest BCUT2D eigenvalue weighted by atomic mass is 9.79. The second kappa shape index (κ2) is 5.48. The fraction of sp³-hybridized carbons (Fsp3) is 0.533. The van der Waals surface area contributed by atoms with Crippen LogP contribution in [0.2, 0.25) is 0 Å². The highest BCUT2D eigenvalue weighted by molar-refractivity contribution is 5.79. The summed E-state index contributed by atoms with van der Waals surface area (Å²) in [6.45, 7) is 5.28. The normalized spacial score (nSPS) is 21.9. The molecule has 1 aromatic rings. The van der Waals surface area contributed by atoms with Crippen LogP contribution in [0.3, 0.4) is 0 Å². The molecule has 1 aromatic carbocycles. The van der Waals surface area contributed by atoms with E-state index in [2.05, 4.69) is 0 Å². The molecule has 20 heavy (non-hydrogen) atoms. The maximum absolute atomic E-state index is 13.1. The highest BCUT2D eigenvalue weighted by atomic mass is 19.2. The summed E-state index contributed by atoms with van der Waals surface area (Å²) in [4.78, 5) is 14.0. The van der Waals surface area contributed by atoms with Crippen molar-refractivity contribution in [2.75, 3.05) is 13.1 Å². The Morgan fingerprint density at radius 3 is 2.70 bits per heavy atom. The monoisotopic (exact) mass is 282 g/mol. The minimum Gasteiger partial charge on any atom is -0.342 e. The topological polar surface area (TPSA) is 46.3 Å². The highest BCUT2D eigenvalue weighted by Gasteiger charge is 2.35. The number of carbonyl (C=O) groups excluding carboxylic acids is 1. The molecule has 1 heterocycles. The molecule has 1 amide bonds. The molecule has 0 saturated carbocycles. The Morgan fingerprint density at radius 1 is 1.40 bits per heavy atom. The smallest absolute Gasteiger partial charge is 0.227 e. The average Bonchev–Trinajstić information content (AvgIpc) is 2.37. The van der Waals surface area contributed by atoms with Crippen LogP contribution in [-0.2, 0) is 11.2 Å². The molecule has 2 rings (SSSR count). The van der Waals surface area contributed by atoms with Crippen molar-refractivity contribution in [3.63, 3.8) is 0 Å². The van der Waals surface area contributed by atoms with Gasteiger partial charge >= 0.3 is 0 Å². The van der Waals surface area contributed by atoms with E-state index in [0.717, 1.165) is 18.6 Å². The van der Waals surface area contributed by atoms with E-state index in [0.29, 0.717) is 18.7 Å². The van der Waals surface area contributed by atoms with E-state index in [1.807, 2.05) is 13.8 Å². The first-order chi connectivity index (χ1) is 9.29. The van der Waals surface area contributed by atoms with Gasteiger partial charge in [-0.15, -0.1) is 0 Å². The Bertz CT molecular complexity index is 517. The van der Waals surface area contributed by atoms with Gasteiger partial charge in [0, 0.05) is 19.1 Å². The maximum Gasteiger partial charge on any atom is 0.227 e. The van der Waals surface area contributed by atoms with Crippen LogP contribution in [-0.4, -0.2) is 29.9 Å². The van der Waals surface area contributed by atoms with Crippen molar-refractivity contribution in [3.05, 3.63) is 35.4 Å². The molecular formula is C15H20F2N2O. The molecule has 2 N–H and O–H groups in total. The molecule has 1 aliphatic heterocycles. The molecule has 0 aromatic heterocycles. The van der Waals surface area contributed by atoms with Crippen molar-refractivity contribution in [2.24, 2.45) is 11.1 Å². The van der Waals surface area contributed by atoms with E-state index in [4.69, 9.17) is 5.73 Å². The summed E-state index contributed by atoms with van der Waals surface area (Å²) >= 11 is 0. The molecule has 1 saturated heterocycles. The minimum absolute atomic E-state index is 0.0732. The van der Waals surface area contributed by atoms with Gasteiger partial charge in [-0.2, -0.15) is 0 Å². The van der Waals surface area contributed by atoms with E-state index < -0.39 is 11.6 Å². The third kappa shape index (κ3) is 3.15. The van der Waals surface area contributed by atoms with E-state index in [-0.39, 0.29) is 23.8 Å². The summed E-state index contributed by atoms with van der Waals surface area (Å²) in [6, 6.07) is 3.65. The zero-order valence-electron chi connectivity index (χ0n) is 11.8. The number of nitrogens with zero attached hydrogens (tertiary/aromatic N) is 1. The third-order valence-electron chi connectivity index (χ3n) is 4.00. The standard InChI is InChI=1S/C15H20F2N2O/c1-15(2)9-19(6-5-13(15)18)14(20)8-10-3-4-11(16)12(17)7-10/h3-4,7,13H,5-6,8-9,18H2,1-2H3. The first kappa shape index (κ1) is 14.9. The maximum atomic E-state index is 13.1. The lowest BCUT2D eigenvalue weighted by Gasteiger charge is -2.42. The van der Waals surface area contributed by atoms with Crippen LogP contribution in [0.5, 0.6) is 0 Å². The average molecular weight is 282 g/mol. The number of halogens is 2. The van der Waals surface area contributed by atoms with Crippen molar-refractivity contribution in [1.82, 2.24) is 4.90 Å². The molecule has 0 bridgehead atoms. The van der Waals surface area contributed by atoms with Crippen molar-refractivity contribution in [1.29, 1.82) is 0 Å². The summed E-state index contributed by atoms with van der Waals surface area (Å²) < 4.78 is 26.0. The number of nitrogens with two attached hydrogens (primary N) is 1. The summed E-state index contributed by atoms with van der Waals surface area (Å²) in [5.74, 6) is -1.89. The third-order valence-corrected chi connectivity index (χ3v) is 4.00. The van der Waals surface area contributed by atoms with Crippen LogP contribution >= 0.6 is 0 Å². The Balaban J connectivity index is 2.03. The van der Waals surface area contributed by atoms with Crippen LogP contribution in [0.25, 0.3) is 0 Å². The van der Waals surface area contributed by atoms with Gasteiger partial charge in [0.2, 0.25) is 5.91 Å². The van der Waals surface area contributed by atoms with Gasteiger partial charge in [0.1, 0.15) is 0 Å². The molecule has 0 radical (unpaired) electrons. The number of amides is 1. The van der Waals surface area contributed by atoms with Gasteiger partial charge in [-0.1, -0.05) is 19.9 Å². The largest absolute Gasteiger partial charge is 0.342 e. The zero-order valence-corrected chi connectivity index (χ0v) is 11.8. The quantitative estimate of drug-likeness (QED) is 0.903. The molecule has 1 aliphatic rings. The number of carbonyl (C=O) groups is 1. The number of benzene rings is 1. The number of likely N-dealkylation sites (tertiary alicyclic amines) is 1. The van der Waals surface area contributed by atoms with Gasteiger partial charge in [-0.3, -0.25) is 4.79 Å². The molecule has 1 atom stereocenters. The number of hydrogen-bond acceptors (Lipinski definition) is 2. The first-order valence-electron chi connectivity index (χ1n) is 6.77. The summed E-state index contributed by atoms with van der Waals surface area (Å²) in [6.07, 6.45) is 0.846. The Hall–Kier alpha value is -1.49. The van der Waals surface area contributed by atoms with Gasteiger partial charge < -0.3 is 10.6 Å². The van der Waals surface area contributed by atoms with Gasteiger partial charge in [-0.25, -0.2) is 8.78 Å². The second-order valence-corrected chi connectivity index (χ2v) is 6.12. The van der Waals surface area contributed by atoms with Crippen LogP contribution in [0.1, 0.15) is 25.8 Å². The fourth-order valence-electron chi connectivity index (χ4n) is 2.52. The van der Waals surface area contributed by atoms with Gasteiger partial charge in [-0.05, 0) is 29.5 Å². The van der Waals surface area contributed by atoms with Crippen LogP contribution < -0.4 is 5.73 Å². The van der Waals surface area contributed by atoms with Crippen molar-refractivity contribution in [2.45, 2.75) is 32.7 Å². The number of rotatable bonds is 2. The Labute approximate surface area is 117 Å². The van der Waals surface area contributed by atoms with Gasteiger partial charge in [0.25, 0.3) is 0 Å². The van der Waals surface area contributed by atoms with Crippen molar-refractivity contribution < 1.29 is 13.6 Å². The SMILES string of the molecule is CC1(C)CN(C(=O)Cc2ccc(F)c(F)c2)CCC1N. The first-order valence-corrected chi connectivity index (χ1v) is 6.77. The van der Waals surface area contributed by atoms with Gasteiger partial charge in [0.15, 0.2) is 11.6 Å². The predicted molar refractivity (Wildman–Crippen MR) is 73.0 cm³/mol. The van der Waals surface area contributed by atoms with Gasteiger partial charge in [0.05, 0.1) is 6.42 Å². The molecular weight excluding hydrogens is 262 g/mol. The Morgan fingerprint density at radius 2 is 2.10 bits per heavy atom. The summed E-state index contributed by atoms with van der Waals surface area (Å²) in [7, 11) is 0.